The summed E-state index contributed by atoms with van der Waals surface area (Å²) >= 11 is 0. The third kappa shape index (κ3) is 4.64. The van der Waals surface area contributed by atoms with Gasteiger partial charge in [0.15, 0.2) is 0 Å². The van der Waals surface area contributed by atoms with Gasteiger partial charge in [0.2, 0.25) is 10.0 Å². The number of carbonyl (C=O) groups is 1. The first-order chi connectivity index (χ1) is 16.3. The Morgan fingerprint density at radius 2 is 1.76 bits per heavy atom. The molecule has 0 aromatic heterocycles. The molecule has 0 bridgehead atoms. The van der Waals surface area contributed by atoms with Gasteiger partial charge in [-0.05, 0) is 62.6 Å². The molecule has 1 saturated carbocycles. The van der Waals surface area contributed by atoms with Gasteiger partial charge in [0, 0.05) is 29.3 Å². The fourth-order valence-corrected chi connectivity index (χ4v) is 6.84. The molecule has 34 heavy (non-hydrogen) atoms. The van der Waals surface area contributed by atoms with Gasteiger partial charge in [-0.25, -0.2) is 13.1 Å². The van der Waals surface area contributed by atoms with Crippen molar-refractivity contribution in [1.82, 2.24) is 14.9 Å². The van der Waals surface area contributed by atoms with Gasteiger partial charge in [-0.15, -0.1) is 0 Å². The van der Waals surface area contributed by atoms with Crippen LogP contribution >= 0.6 is 0 Å². The van der Waals surface area contributed by atoms with E-state index in [4.69, 9.17) is 0 Å². The van der Waals surface area contributed by atoms with Crippen LogP contribution in [0.15, 0.2) is 65.9 Å². The summed E-state index contributed by atoms with van der Waals surface area (Å²) in [6.07, 6.45) is 3.43. The number of amides is 1. The van der Waals surface area contributed by atoms with Crippen LogP contribution in [0.4, 0.5) is 0 Å². The van der Waals surface area contributed by atoms with Crippen molar-refractivity contribution < 1.29 is 13.2 Å². The summed E-state index contributed by atoms with van der Waals surface area (Å²) in [4.78, 5) is 15.4. The van der Waals surface area contributed by atoms with Gasteiger partial charge in [-0.3, -0.25) is 4.79 Å². The van der Waals surface area contributed by atoms with Crippen LogP contribution in [0.1, 0.15) is 45.1 Å². The fourth-order valence-electron chi connectivity index (χ4n) is 5.19. The second kappa shape index (κ2) is 9.19. The molecule has 5 rings (SSSR count). The number of nitrogens with one attached hydrogen (secondary N) is 2. The average Bonchev–Trinajstić information content (AvgIpc) is 3.67. The van der Waals surface area contributed by atoms with E-state index < -0.39 is 10.0 Å². The van der Waals surface area contributed by atoms with Crippen molar-refractivity contribution in [3.05, 3.63) is 71.4 Å². The van der Waals surface area contributed by atoms with E-state index >= 15 is 0 Å². The van der Waals surface area contributed by atoms with E-state index in [1.54, 1.807) is 0 Å². The zero-order chi connectivity index (χ0) is 23.9. The zero-order valence-corrected chi connectivity index (χ0v) is 20.6. The van der Waals surface area contributed by atoms with Crippen LogP contribution in [-0.4, -0.2) is 43.2 Å². The number of benzene rings is 2. The first-order valence-electron chi connectivity index (χ1n) is 12.3. The van der Waals surface area contributed by atoms with E-state index in [-0.39, 0.29) is 29.2 Å². The number of carbonyl (C=O) groups excluding carboxylic acids is 1. The van der Waals surface area contributed by atoms with Crippen molar-refractivity contribution in [2.45, 2.75) is 63.3 Å². The van der Waals surface area contributed by atoms with E-state index in [0.29, 0.717) is 25.9 Å². The van der Waals surface area contributed by atoms with E-state index in [1.807, 2.05) is 43.0 Å². The molecule has 3 aliphatic rings. The second-order valence-corrected chi connectivity index (χ2v) is 12.0. The number of hydrogen-bond donors (Lipinski definition) is 2. The molecular formula is C27H33N3O3S. The number of sulfonamides is 1. The third-order valence-electron chi connectivity index (χ3n) is 7.23. The van der Waals surface area contributed by atoms with Gasteiger partial charge in [-0.1, -0.05) is 54.6 Å². The molecule has 2 atom stereocenters. The van der Waals surface area contributed by atoms with E-state index in [0.717, 1.165) is 40.8 Å². The summed E-state index contributed by atoms with van der Waals surface area (Å²) < 4.78 is 28.8. The van der Waals surface area contributed by atoms with Crippen LogP contribution in [0.3, 0.4) is 0 Å². The van der Waals surface area contributed by atoms with Crippen LogP contribution in [0, 0.1) is 5.92 Å². The first-order valence-corrected chi connectivity index (χ1v) is 13.8. The molecule has 2 aromatic rings. The van der Waals surface area contributed by atoms with Gasteiger partial charge in [0.25, 0.3) is 5.91 Å². The molecule has 180 valence electrons. The molecular weight excluding hydrogens is 446 g/mol. The van der Waals surface area contributed by atoms with Crippen molar-refractivity contribution in [2.75, 3.05) is 6.67 Å². The van der Waals surface area contributed by atoms with Crippen molar-refractivity contribution in [2.24, 2.45) is 5.92 Å². The molecule has 0 unspecified atom stereocenters. The SMILES string of the molecule is CC(C)N1CNC2=C(C1=O)[C@@H](Cc1cccc(-c3ccccc3)c1)[C@@H](NS(=O)(=O)C1CC1)CC2. The molecule has 0 saturated heterocycles. The molecule has 2 N–H and O–H groups in total. The van der Waals surface area contributed by atoms with Crippen LogP contribution in [0.25, 0.3) is 11.1 Å². The predicted octanol–water partition coefficient (Wildman–Crippen LogP) is 3.81. The van der Waals surface area contributed by atoms with E-state index in [2.05, 4.69) is 40.4 Å². The smallest absolute Gasteiger partial charge is 0.253 e. The summed E-state index contributed by atoms with van der Waals surface area (Å²) in [6.45, 7) is 4.53. The normalized spacial score (nSPS) is 23.1. The molecule has 1 fully saturated rings. The number of nitrogens with zero attached hydrogens (tertiary/aromatic N) is 1. The topological polar surface area (TPSA) is 78.5 Å². The molecule has 0 radical (unpaired) electrons. The standard InChI is InChI=1S/C27H33N3O3S/c1-18(2)30-17-28-25-14-13-24(29-34(32,33)22-11-12-22)23(26(25)27(30)31)16-19-7-6-10-21(15-19)20-8-4-3-5-9-20/h3-10,15,18,22-24,28-29H,11-14,16-17H2,1-2H3/t23-,24-/m0/s1. The molecule has 1 heterocycles. The van der Waals surface area contributed by atoms with Crippen LogP contribution in [0.5, 0.6) is 0 Å². The Bertz CT molecular complexity index is 1200. The monoisotopic (exact) mass is 479 g/mol. The van der Waals surface area contributed by atoms with Crippen LogP contribution < -0.4 is 10.0 Å². The predicted molar refractivity (Wildman–Crippen MR) is 134 cm³/mol. The lowest BCUT2D eigenvalue weighted by atomic mass is 9.77. The van der Waals surface area contributed by atoms with Crippen LogP contribution in [-0.2, 0) is 21.2 Å². The Kier molecular flexibility index (Phi) is 6.25. The Morgan fingerprint density at radius 3 is 2.47 bits per heavy atom. The highest BCUT2D eigenvalue weighted by atomic mass is 32.2. The number of hydrogen-bond acceptors (Lipinski definition) is 4. The molecule has 2 aliphatic carbocycles. The summed E-state index contributed by atoms with van der Waals surface area (Å²) in [7, 11) is -3.37. The third-order valence-corrected chi connectivity index (χ3v) is 9.21. The highest BCUT2D eigenvalue weighted by Gasteiger charge is 2.44. The molecule has 2 aromatic carbocycles. The minimum absolute atomic E-state index is 0.0308. The Balaban J connectivity index is 1.50. The molecule has 1 aliphatic heterocycles. The molecule has 0 spiro atoms. The van der Waals surface area contributed by atoms with Gasteiger partial charge in [0.1, 0.15) is 0 Å². The molecule has 1 amide bonds. The minimum Gasteiger partial charge on any atom is -0.371 e. The van der Waals surface area contributed by atoms with E-state index in [9.17, 15) is 13.2 Å². The largest absolute Gasteiger partial charge is 0.371 e. The highest BCUT2D eigenvalue weighted by Crippen LogP contribution is 2.37. The van der Waals surface area contributed by atoms with Crippen LogP contribution in [0.2, 0.25) is 0 Å². The number of allylic oxidation sites excluding steroid dienone is 1. The van der Waals surface area contributed by atoms with Crippen molar-refractivity contribution in [3.8, 4) is 11.1 Å². The Hall–Kier alpha value is -2.64. The second-order valence-electron chi connectivity index (χ2n) is 9.98. The Morgan fingerprint density at radius 1 is 1.03 bits per heavy atom. The van der Waals surface area contributed by atoms with Gasteiger partial charge in [0.05, 0.1) is 11.9 Å². The molecule has 7 heteroatoms. The summed E-state index contributed by atoms with van der Waals surface area (Å²) in [6, 6.07) is 18.4. The van der Waals surface area contributed by atoms with Gasteiger partial charge < -0.3 is 10.2 Å². The number of rotatable bonds is 7. The zero-order valence-electron chi connectivity index (χ0n) is 19.8. The average molecular weight is 480 g/mol. The molecule has 6 nitrogen and oxygen atoms in total. The van der Waals surface area contributed by atoms with Crippen molar-refractivity contribution in [3.63, 3.8) is 0 Å². The van der Waals surface area contributed by atoms with Gasteiger partial charge >= 0.3 is 0 Å². The summed E-state index contributed by atoms with van der Waals surface area (Å²) in [5.74, 6) is -0.187. The maximum Gasteiger partial charge on any atom is 0.253 e. The van der Waals surface area contributed by atoms with Gasteiger partial charge in [-0.2, -0.15) is 0 Å². The quantitative estimate of drug-likeness (QED) is 0.633. The lowest BCUT2D eigenvalue weighted by molar-refractivity contribution is -0.131. The fraction of sp³-hybridized carbons (Fsp3) is 0.444. The maximum atomic E-state index is 13.6. The highest BCUT2D eigenvalue weighted by molar-refractivity contribution is 7.90. The first kappa shape index (κ1) is 23.1. The summed E-state index contributed by atoms with van der Waals surface area (Å²) in [5, 5.41) is 3.18. The lowest BCUT2D eigenvalue weighted by Crippen LogP contribution is -2.55. The van der Waals surface area contributed by atoms with Crippen molar-refractivity contribution >= 4 is 15.9 Å². The minimum atomic E-state index is -3.37. The maximum absolute atomic E-state index is 13.6. The summed E-state index contributed by atoms with van der Waals surface area (Å²) in [5.41, 5.74) is 5.09. The van der Waals surface area contributed by atoms with Crippen molar-refractivity contribution in [1.29, 1.82) is 0 Å². The Labute approximate surface area is 202 Å². The van der Waals surface area contributed by atoms with E-state index in [1.165, 1.54) is 0 Å². The lowest BCUT2D eigenvalue weighted by Gasteiger charge is -2.42.